The Balaban J connectivity index is 2.09. The summed E-state index contributed by atoms with van der Waals surface area (Å²) in [5.74, 6) is 0.468. The van der Waals surface area contributed by atoms with Gasteiger partial charge in [0, 0.05) is 18.8 Å². The first-order valence-corrected chi connectivity index (χ1v) is 6.83. The largest absolute Gasteiger partial charge is 0.399 e. The average Bonchev–Trinajstić information content (AvgIpc) is 2.77. The number of aryl methyl sites for hydroxylation is 2. The number of rotatable bonds is 6. The van der Waals surface area contributed by atoms with Crippen molar-refractivity contribution in [3.05, 3.63) is 45.6 Å². The molecule has 0 spiro atoms. The fourth-order valence-corrected chi connectivity index (χ4v) is 2.20. The van der Waals surface area contributed by atoms with Gasteiger partial charge in [-0.2, -0.15) is 5.10 Å². The molecule has 7 nitrogen and oxygen atoms in total. The third-order valence-corrected chi connectivity index (χ3v) is 3.26. The molecule has 1 aromatic carbocycles. The topological polar surface area (TPSA) is 99.0 Å². The average molecular weight is 289 g/mol. The van der Waals surface area contributed by atoms with Crippen molar-refractivity contribution in [1.82, 2.24) is 9.78 Å². The third kappa shape index (κ3) is 3.31. The Labute approximate surface area is 122 Å². The monoisotopic (exact) mass is 289 g/mol. The molecule has 1 aromatic heterocycles. The van der Waals surface area contributed by atoms with Gasteiger partial charge in [-0.15, -0.1) is 0 Å². The van der Waals surface area contributed by atoms with E-state index in [4.69, 9.17) is 5.73 Å². The maximum atomic E-state index is 11.1. The van der Waals surface area contributed by atoms with Gasteiger partial charge in [0.2, 0.25) is 5.82 Å². The first-order chi connectivity index (χ1) is 10.0. The summed E-state index contributed by atoms with van der Waals surface area (Å²) in [4.78, 5) is 10.8. The molecule has 0 bridgehead atoms. The van der Waals surface area contributed by atoms with Gasteiger partial charge in [-0.05, 0) is 38.0 Å². The molecule has 0 aliphatic heterocycles. The van der Waals surface area contributed by atoms with Crippen LogP contribution >= 0.6 is 0 Å². The van der Waals surface area contributed by atoms with E-state index in [9.17, 15) is 10.1 Å². The Morgan fingerprint density at radius 2 is 2.05 bits per heavy atom. The van der Waals surface area contributed by atoms with Crippen molar-refractivity contribution in [1.29, 1.82) is 0 Å². The van der Waals surface area contributed by atoms with Crippen molar-refractivity contribution in [2.45, 2.75) is 26.8 Å². The van der Waals surface area contributed by atoms with Crippen LogP contribution in [0.25, 0.3) is 0 Å². The molecule has 0 amide bonds. The number of aromatic nitrogens is 2. The highest BCUT2D eigenvalue weighted by Gasteiger charge is 2.24. The van der Waals surface area contributed by atoms with Crippen molar-refractivity contribution in [2.75, 3.05) is 17.6 Å². The van der Waals surface area contributed by atoms with Crippen LogP contribution in [0.4, 0.5) is 17.2 Å². The predicted molar refractivity (Wildman–Crippen MR) is 82.3 cm³/mol. The number of nitro groups is 1. The van der Waals surface area contributed by atoms with E-state index in [1.165, 1.54) is 0 Å². The summed E-state index contributed by atoms with van der Waals surface area (Å²) in [6, 6.07) is 7.60. The summed E-state index contributed by atoms with van der Waals surface area (Å²) in [6.07, 6.45) is 0.755. The highest BCUT2D eigenvalue weighted by Crippen LogP contribution is 2.27. The number of nitrogens with two attached hydrogens (primary N) is 1. The predicted octanol–water partition coefficient (Wildman–Crippen LogP) is 2.36. The SMILES string of the molecule is CCn1nc(C)c([N+](=O)[O-])c1NCCc1ccc(N)cc1. The van der Waals surface area contributed by atoms with Crippen molar-refractivity contribution in [3.63, 3.8) is 0 Å². The molecule has 0 aliphatic rings. The van der Waals surface area contributed by atoms with Gasteiger partial charge in [-0.3, -0.25) is 10.1 Å². The molecular formula is C14H19N5O2. The summed E-state index contributed by atoms with van der Waals surface area (Å²) in [7, 11) is 0. The molecule has 0 radical (unpaired) electrons. The molecule has 3 N–H and O–H groups in total. The highest BCUT2D eigenvalue weighted by atomic mass is 16.6. The van der Waals surface area contributed by atoms with Gasteiger partial charge in [-0.25, -0.2) is 4.68 Å². The van der Waals surface area contributed by atoms with E-state index in [2.05, 4.69) is 10.4 Å². The van der Waals surface area contributed by atoms with E-state index in [0.717, 1.165) is 17.7 Å². The van der Waals surface area contributed by atoms with Gasteiger partial charge in [0.05, 0.1) is 4.92 Å². The number of hydrogen-bond donors (Lipinski definition) is 2. The van der Waals surface area contributed by atoms with Crippen molar-refractivity contribution >= 4 is 17.2 Å². The Hall–Kier alpha value is -2.57. The van der Waals surface area contributed by atoms with Crippen LogP contribution in [0.2, 0.25) is 0 Å². The lowest BCUT2D eigenvalue weighted by atomic mass is 10.1. The lowest BCUT2D eigenvalue weighted by Gasteiger charge is -2.08. The van der Waals surface area contributed by atoms with Crippen LogP contribution in [0, 0.1) is 17.0 Å². The molecule has 21 heavy (non-hydrogen) atoms. The molecule has 0 unspecified atom stereocenters. The first-order valence-electron chi connectivity index (χ1n) is 6.83. The summed E-state index contributed by atoms with van der Waals surface area (Å²) < 4.78 is 1.62. The molecule has 7 heteroatoms. The minimum absolute atomic E-state index is 0.0501. The number of hydrogen-bond acceptors (Lipinski definition) is 5. The number of nitrogens with zero attached hydrogens (tertiary/aromatic N) is 3. The smallest absolute Gasteiger partial charge is 0.333 e. The molecular weight excluding hydrogens is 270 g/mol. The standard InChI is InChI=1S/C14H19N5O2/c1-3-18-14(13(19(20)21)10(2)17-18)16-9-8-11-4-6-12(15)7-5-11/h4-7,16H,3,8-9,15H2,1-2H3. The lowest BCUT2D eigenvalue weighted by Crippen LogP contribution is -2.11. The number of benzene rings is 1. The zero-order valence-corrected chi connectivity index (χ0v) is 12.2. The molecule has 0 aliphatic carbocycles. The van der Waals surface area contributed by atoms with Crippen LogP contribution in [0.1, 0.15) is 18.2 Å². The number of nitrogens with one attached hydrogen (secondary N) is 1. The molecule has 0 fully saturated rings. The second-order valence-electron chi connectivity index (χ2n) is 4.77. The van der Waals surface area contributed by atoms with Gasteiger partial charge < -0.3 is 11.1 Å². The van der Waals surface area contributed by atoms with E-state index in [-0.39, 0.29) is 10.6 Å². The molecule has 1 heterocycles. The van der Waals surface area contributed by atoms with Crippen LogP contribution < -0.4 is 11.1 Å². The molecule has 112 valence electrons. The van der Waals surface area contributed by atoms with Crippen molar-refractivity contribution in [2.24, 2.45) is 0 Å². The number of anilines is 2. The van der Waals surface area contributed by atoms with Crippen LogP contribution in [0.5, 0.6) is 0 Å². The molecule has 2 rings (SSSR count). The van der Waals surface area contributed by atoms with E-state index in [1.54, 1.807) is 11.6 Å². The van der Waals surface area contributed by atoms with E-state index in [1.807, 2.05) is 31.2 Å². The lowest BCUT2D eigenvalue weighted by molar-refractivity contribution is -0.384. The van der Waals surface area contributed by atoms with Gasteiger partial charge in [0.25, 0.3) is 0 Å². The van der Waals surface area contributed by atoms with Gasteiger partial charge in [0.1, 0.15) is 5.69 Å². The van der Waals surface area contributed by atoms with Crippen LogP contribution in [0.3, 0.4) is 0 Å². The minimum atomic E-state index is -0.389. The minimum Gasteiger partial charge on any atom is -0.399 e. The Bertz CT molecular complexity index is 634. The maximum Gasteiger partial charge on any atom is 0.333 e. The number of nitrogen functional groups attached to an aromatic ring is 1. The quantitative estimate of drug-likeness (QED) is 0.483. The van der Waals surface area contributed by atoms with Crippen molar-refractivity contribution < 1.29 is 4.92 Å². The summed E-state index contributed by atoms with van der Waals surface area (Å²) >= 11 is 0. The Morgan fingerprint density at radius 3 is 2.62 bits per heavy atom. The third-order valence-electron chi connectivity index (χ3n) is 3.26. The van der Waals surface area contributed by atoms with E-state index >= 15 is 0 Å². The molecule has 0 atom stereocenters. The first kappa shape index (κ1) is 14.8. The second kappa shape index (κ2) is 6.25. The zero-order chi connectivity index (χ0) is 15.4. The van der Waals surface area contributed by atoms with Crippen LogP contribution in [0.15, 0.2) is 24.3 Å². The van der Waals surface area contributed by atoms with Crippen molar-refractivity contribution in [3.8, 4) is 0 Å². The fraction of sp³-hybridized carbons (Fsp3) is 0.357. The molecule has 0 saturated heterocycles. The summed E-state index contributed by atoms with van der Waals surface area (Å²) in [6.45, 7) is 4.73. The zero-order valence-electron chi connectivity index (χ0n) is 12.2. The highest BCUT2D eigenvalue weighted by molar-refractivity contribution is 5.59. The Kier molecular flexibility index (Phi) is 4.42. The van der Waals surface area contributed by atoms with Gasteiger partial charge in [-0.1, -0.05) is 12.1 Å². The van der Waals surface area contributed by atoms with E-state index in [0.29, 0.717) is 24.6 Å². The summed E-state index contributed by atoms with van der Waals surface area (Å²) in [5, 5.41) is 18.4. The van der Waals surface area contributed by atoms with Gasteiger partial charge in [0.15, 0.2) is 0 Å². The van der Waals surface area contributed by atoms with Crippen LogP contribution in [-0.4, -0.2) is 21.2 Å². The molecule has 0 saturated carbocycles. The van der Waals surface area contributed by atoms with Gasteiger partial charge >= 0.3 is 5.69 Å². The van der Waals surface area contributed by atoms with Crippen LogP contribution in [-0.2, 0) is 13.0 Å². The second-order valence-corrected chi connectivity index (χ2v) is 4.77. The maximum absolute atomic E-state index is 11.1. The summed E-state index contributed by atoms with van der Waals surface area (Å²) in [5.41, 5.74) is 7.96. The fourth-order valence-electron chi connectivity index (χ4n) is 2.20. The van der Waals surface area contributed by atoms with E-state index < -0.39 is 0 Å². The molecule has 2 aromatic rings. The Morgan fingerprint density at radius 1 is 1.38 bits per heavy atom. The normalized spacial score (nSPS) is 10.6.